The third-order valence-corrected chi connectivity index (χ3v) is 3.75. The molecule has 6 heteroatoms. The zero-order valence-electron chi connectivity index (χ0n) is 10.4. The topological polar surface area (TPSA) is 101 Å². The molecule has 0 saturated heterocycles. The average Bonchev–Trinajstić information content (AvgIpc) is 2.70. The van der Waals surface area contributed by atoms with E-state index >= 15 is 0 Å². The van der Waals surface area contributed by atoms with Crippen molar-refractivity contribution in [2.24, 2.45) is 11.7 Å². The SMILES string of the molecule is CCc1cn([C@@H]2C[C@H](CN)[C@@H](O)C2)c(=O)[nH]c1=O. The molecule has 100 valence electrons. The van der Waals surface area contributed by atoms with Gasteiger partial charge in [0.1, 0.15) is 0 Å². The Morgan fingerprint density at radius 3 is 2.78 bits per heavy atom. The van der Waals surface area contributed by atoms with Gasteiger partial charge in [0.05, 0.1) is 6.10 Å². The summed E-state index contributed by atoms with van der Waals surface area (Å²) in [4.78, 5) is 25.6. The lowest BCUT2D eigenvalue weighted by Crippen LogP contribution is -2.33. The van der Waals surface area contributed by atoms with Crippen molar-refractivity contribution in [3.63, 3.8) is 0 Å². The van der Waals surface area contributed by atoms with Crippen molar-refractivity contribution in [2.75, 3.05) is 6.54 Å². The quantitative estimate of drug-likeness (QED) is 0.667. The highest BCUT2D eigenvalue weighted by atomic mass is 16.3. The number of aryl methyl sites for hydroxylation is 1. The Hall–Kier alpha value is -1.40. The summed E-state index contributed by atoms with van der Waals surface area (Å²) in [6, 6.07) is -0.0804. The molecule has 18 heavy (non-hydrogen) atoms. The smallest absolute Gasteiger partial charge is 0.328 e. The Labute approximate surface area is 104 Å². The highest BCUT2D eigenvalue weighted by molar-refractivity contribution is 5.05. The first kappa shape index (κ1) is 13.0. The summed E-state index contributed by atoms with van der Waals surface area (Å²) in [6.07, 6.45) is 2.90. The molecule has 1 aromatic rings. The van der Waals surface area contributed by atoms with Crippen molar-refractivity contribution in [1.29, 1.82) is 0 Å². The van der Waals surface area contributed by atoms with Gasteiger partial charge in [-0.3, -0.25) is 14.3 Å². The van der Waals surface area contributed by atoms with Gasteiger partial charge in [-0.2, -0.15) is 0 Å². The summed E-state index contributed by atoms with van der Waals surface area (Å²) >= 11 is 0. The van der Waals surface area contributed by atoms with E-state index in [-0.39, 0.29) is 17.5 Å². The molecular weight excluding hydrogens is 234 g/mol. The summed E-state index contributed by atoms with van der Waals surface area (Å²) in [6.45, 7) is 2.28. The molecule has 1 aromatic heterocycles. The molecule has 0 aromatic carbocycles. The maximum absolute atomic E-state index is 11.8. The molecular formula is C12H19N3O3. The van der Waals surface area contributed by atoms with Gasteiger partial charge >= 0.3 is 5.69 Å². The van der Waals surface area contributed by atoms with E-state index in [9.17, 15) is 14.7 Å². The summed E-state index contributed by atoms with van der Waals surface area (Å²) < 4.78 is 1.53. The van der Waals surface area contributed by atoms with Gasteiger partial charge in [0.15, 0.2) is 0 Å². The summed E-state index contributed by atoms with van der Waals surface area (Å²) in [7, 11) is 0. The normalized spacial score (nSPS) is 27.6. The van der Waals surface area contributed by atoms with Crippen molar-refractivity contribution in [3.05, 3.63) is 32.6 Å². The fourth-order valence-corrected chi connectivity index (χ4v) is 2.60. The van der Waals surface area contributed by atoms with Gasteiger partial charge in [-0.1, -0.05) is 6.92 Å². The maximum atomic E-state index is 11.8. The highest BCUT2D eigenvalue weighted by Gasteiger charge is 2.33. The number of rotatable bonds is 3. The first-order chi connectivity index (χ1) is 8.56. The Morgan fingerprint density at radius 2 is 2.22 bits per heavy atom. The predicted molar refractivity (Wildman–Crippen MR) is 67.5 cm³/mol. The fourth-order valence-electron chi connectivity index (χ4n) is 2.60. The zero-order chi connectivity index (χ0) is 13.3. The van der Waals surface area contributed by atoms with E-state index in [1.54, 1.807) is 6.20 Å². The molecule has 1 saturated carbocycles. The summed E-state index contributed by atoms with van der Waals surface area (Å²) in [5.41, 5.74) is 5.42. The van der Waals surface area contributed by atoms with Gasteiger partial charge < -0.3 is 10.8 Å². The van der Waals surface area contributed by atoms with Crippen LogP contribution in [0.1, 0.15) is 31.4 Å². The molecule has 0 bridgehead atoms. The molecule has 2 rings (SSSR count). The first-order valence-corrected chi connectivity index (χ1v) is 6.29. The van der Waals surface area contributed by atoms with E-state index in [0.717, 1.165) is 0 Å². The lowest BCUT2D eigenvalue weighted by Gasteiger charge is -2.14. The molecule has 0 spiro atoms. The predicted octanol–water partition coefficient (Wildman–Crippen LogP) is -0.630. The third-order valence-electron chi connectivity index (χ3n) is 3.75. The number of H-pyrrole nitrogens is 1. The van der Waals surface area contributed by atoms with Gasteiger partial charge in [-0.25, -0.2) is 4.79 Å². The molecule has 1 aliphatic carbocycles. The number of hydrogen-bond donors (Lipinski definition) is 3. The van der Waals surface area contributed by atoms with Crippen LogP contribution in [0.2, 0.25) is 0 Å². The molecule has 0 unspecified atom stereocenters. The Balaban J connectivity index is 2.35. The van der Waals surface area contributed by atoms with Crippen LogP contribution < -0.4 is 17.0 Å². The second kappa shape index (κ2) is 5.07. The molecule has 0 radical (unpaired) electrons. The fraction of sp³-hybridized carbons (Fsp3) is 0.667. The van der Waals surface area contributed by atoms with Gasteiger partial charge in [-0.15, -0.1) is 0 Å². The van der Waals surface area contributed by atoms with E-state index in [4.69, 9.17) is 5.73 Å². The van der Waals surface area contributed by atoms with Gasteiger partial charge in [0.25, 0.3) is 5.56 Å². The first-order valence-electron chi connectivity index (χ1n) is 6.29. The minimum absolute atomic E-state index is 0.0268. The Kier molecular flexibility index (Phi) is 3.68. The lowest BCUT2D eigenvalue weighted by atomic mass is 10.1. The Morgan fingerprint density at radius 1 is 1.50 bits per heavy atom. The number of nitrogens with two attached hydrogens (primary N) is 1. The van der Waals surface area contributed by atoms with Gasteiger partial charge in [0, 0.05) is 17.8 Å². The molecule has 0 aliphatic heterocycles. The number of nitrogens with zero attached hydrogens (tertiary/aromatic N) is 1. The van der Waals surface area contributed by atoms with E-state index in [0.29, 0.717) is 31.4 Å². The molecule has 4 N–H and O–H groups in total. The maximum Gasteiger partial charge on any atom is 0.328 e. The summed E-state index contributed by atoms with van der Waals surface area (Å²) in [5, 5.41) is 9.83. The molecule has 3 atom stereocenters. The monoisotopic (exact) mass is 253 g/mol. The van der Waals surface area contributed by atoms with Crippen molar-refractivity contribution >= 4 is 0 Å². The average molecular weight is 253 g/mol. The molecule has 1 fully saturated rings. The van der Waals surface area contributed by atoms with E-state index < -0.39 is 11.8 Å². The molecule has 1 aliphatic rings. The lowest BCUT2D eigenvalue weighted by molar-refractivity contribution is 0.135. The van der Waals surface area contributed by atoms with Crippen LogP contribution in [0.25, 0.3) is 0 Å². The number of aromatic nitrogens is 2. The largest absolute Gasteiger partial charge is 0.393 e. The van der Waals surface area contributed by atoms with Crippen LogP contribution in [0.4, 0.5) is 0 Å². The van der Waals surface area contributed by atoms with Crippen LogP contribution in [0.3, 0.4) is 0 Å². The standard InChI is InChI=1S/C12H19N3O3/c1-2-7-6-15(12(18)14-11(7)17)9-3-8(5-13)10(16)4-9/h6,8-10,16H,2-5,13H2,1H3,(H,14,17,18)/t8-,9-,10+/m1/s1. The molecule has 1 heterocycles. The number of aliphatic hydroxyl groups excluding tert-OH is 1. The second-order valence-electron chi connectivity index (χ2n) is 4.86. The highest BCUT2D eigenvalue weighted by Crippen LogP contribution is 2.33. The van der Waals surface area contributed by atoms with Crippen molar-refractivity contribution < 1.29 is 5.11 Å². The third kappa shape index (κ3) is 2.26. The van der Waals surface area contributed by atoms with E-state index in [1.807, 2.05) is 6.92 Å². The van der Waals surface area contributed by atoms with Crippen LogP contribution in [0.15, 0.2) is 15.8 Å². The summed E-state index contributed by atoms with van der Waals surface area (Å²) in [5.74, 6) is 0.0268. The second-order valence-corrected chi connectivity index (χ2v) is 4.86. The van der Waals surface area contributed by atoms with Gasteiger partial charge in [0.2, 0.25) is 0 Å². The molecule has 0 amide bonds. The number of hydrogen-bond acceptors (Lipinski definition) is 4. The van der Waals surface area contributed by atoms with Crippen LogP contribution in [0, 0.1) is 5.92 Å². The number of aliphatic hydroxyl groups is 1. The van der Waals surface area contributed by atoms with Gasteiger partial charge in [-0.05, 0) is 31.7 Å². The zero-order valence-corrected chi connectivity index (χ0v) is 10.4. The van der Waals surface area contributed by atoms with Crippen molar-refractivity contribution in [3.8, 4) is 0 Å². The Bertz CT molecular complexity index is 534. The van der Waals surface area contributed by atoms with Crippen molar-refractivity contribution in [2.45, 2.75) is 38.3 Å². The van der Waals surface area contributed by atoms with Crippen LogP contribution in [-0.4, -0.2) is 27.3 Å². The minimum Gasteiger partial charge on any atom is -0.393 e. The molecule has 6 nitrogen and oxygen atoms in total. The number of aromatic amines is 1. The van der Waals surface area contributed by atoms with E-state index in [2.05, 4.69) is 4.98 Å². The van der Waals surface area contributed by atoms with Crippen LogP contribution in [0.5, 0.6) is 0 Å². The van der Waals surface area contributed by atoms with Crippen molar-refractivity contribution in [1.82, 2.24) is 9.55 Å². The van der Waals surface area contributed by atoms with Crippen LogP contribution in [-0.2, 0) is 6.42 Å². The minimum atomic E-state index is -0.469. The van der Waals surface area contributed by atoms with E-state index in [1.165, 1.54) is 4.57 Å². The van der Waals surface area contributed by atoms with Crippen LogP contribution >= 0.6 is 0 Å². The number of nitrogens with one attached hydrogen (secondary N) is 1.